The molecule has 120 valence electrons. The molecule has 0 aliphatic heterocycles. The Morgan fingerprint density at radius 2 is 2.18 bits per heavy atom. The second-order valence-corrected chi connectivity index (χ2v) is 4.59. The van der Waals surface area contributed by atoms with E-state index in [1.165, 1.54) is 25.5 Å². The lowest BCUT2D eigenvalue weighted by molar-refractivity contribution is 0.0939. The second kappa shape index (κ2) is 7.82. The van der Waals surface area contributed by atoms with Gasteiger partial charge in [-0.1, -0.05) is 6.07 Å². The Morgan fingerprint density at radius 1 is 1.45 bits per heavy atom. The van der Waals surface area contributed by atoms with Gasteiger partial charge in [-0.15, -0.1) is 12.4 Å². The van der Waals surface area contributed by atoms with E-state index in [-0.39, 0.29) is 36.7 Å². The van der Waals surface area contributed by atoms with E-state index in [1.807, 2.05) is 0 Å². The molecule has 1 aromatic carbocycles. The van der Waals surface area contributed by atoms with Crippen molar-refractivity contribution in [2.24, 2.45) is 5.73 Å². The van der Waals surface area contributed by atoms with Crippen molar-refractivity contribution < 1.29 is 18.3 Å². The Morgan fingerprint density at radius 3 is 2.73 bits per heavy atom. The number of hydrogen-bond donors (Lipinski definition) is 2. The van der Waals surface area contributed by atoms with E-state index >= 15 is 0 Å². The normalized spacial score (nSPS) is 11.5. The van der Waals surface area contributed by atoms with Crippen molar-refractivity contribution in [2.45, 2.75) is 19.5 Å². The van der Waals surface area contributed by atoms with Crippen LogP contribution in [0.25, 0.3) is 0 Å². The molecule has 3 N–H and O–H groups in total. The van der Waals surface area contributed by atoms with Crippen LogP contribution in [0.15, 0.2) is 34.9 Å². The van der Waals surface area contributed by atoms with E-state index in [9.17, 15) is 9.18 Å². The Labute approximate surface area is 134 Å². The monoisotopic (exact) mass is 328 g/mol. The minimum Gasteiger partial charge on any atom is -0.494 e. The number of methoxy groups -OCH3 is 1. The first-order chi connectivity index (χ1) is 10.0. The zero-order valence-corrected chi connectivity index (χ0v) is 13.1. The minimum atomic E-state index is -0.468. The van der Waals surface area contributed by atoms with Gasteiger partial charge < -0.3 is 20.2 Å². The fraction of sp³-hybridized carbons (Fsp3) is 0.267. The van der Waals surface area contributed by atoms with Gasteiger partial charge >= 0.3 is 0 Å². The fourth-order valence-electron chi connectivity index (χ4n) is 1.92. The van der Waals surface area contributed by atoms with Crippen LogP contribution < -0.4 is 15.8 Å². The molecule has 0 saturated heterocycles. The van der Waals surface area contributed by atoms with E-state index in [0.717, 1.165) is 0 Å². The van der Waals surface area contributed by atoms with Gasteiger partial charge in [0.1, 0.15) is 12.0 Å². The van der Waals surface area contributed by atoms with Crippen LogP contribution in [0.1, 0.15) is 34.6 Å². The van der Waals surface area contributed by atoms with Crippen molar-refractivity contribution in [3.63, 3.8) is 0 Å². The molecule has 1 amide bonds. The molecule has 0 fully saturated rings. The molecule has 0 aliphatic rings. The van der Waals surface area contributed by atoms with Gasteiger partial charge in [0.25, 0.3) is 5.91 Å². The number of nitrogens with one attached hydrogen (secondary N) is 1. The molecule has 0 spiro atoms. The molecule has 0 saturated carbocycles. The van der Waals surface area contributed by atoms with E-state index < -0.39 is 5.82 Å². The highest BCUT2D eigenvalue weighted by Gasteiger charge is 2.15. The first-order valence-electron chi connectivity index (χ1n) is 6.47. The van der Waals surface area contributed by atoms with Gasteiger partial charge in [-0.25, -0.2) is 4.39 Å². The predicted octanol–water partition coefficient (Wildman–Crippen LogP) is 2.80. The van der Waals surface area contributed by atoms with Gasteiger partial charge in [0.15, 0.2) is 11.6 Å². The topological polar surface area (TPSA) is 77.5 Å². The Hall–Kier alpha value is -2.05. The zero-order valence-electron chi connectivity index (χ0n) is 12.3. The molecule has 7 heteroatoms. The zero-order chi connectivity index (χ0) is 15.4. The lowest BCUT2D eigenvalue weighted by atomic mass is 10.1. The number of rotatable bonds is 5. The summed E-state index contributed by atoms with van der Waals surface area (Å²) < 4.78 is 23.6. The number of hydrogen-bond acceptors (Lipinski definition) is 4. The van der Waals surface area contributed by atoms with Crippen LogP contribution in [0.2, 0.25) is 0 Å². The third-order valence-corrected chi connectivity index (χ3v) is 3.14. The average Bonchev–Trinajstić information content (AvgIpc) is 2.96. The van der Waals surface area contributed by atoms with Crippen LogP contribution in [0.4, 0.5) is 4.39 Å². The number of carbonyl (C=O) groups excluding carboxylic acids is 1. The summed E-state index contributed by atoms with van der Waals surface area (Å²) in [5, 5.41) is 2.77. The average molecular weight is 329 g/mol. The molecule has 0 aliphatic carbocycles. The van der Waals surface area contributed by atoms with Gasteiger partial charge in [-0.3, -0.25) is 4.79 Å². The van der Waals surface area contributed by atoms with Crippen LogP contribution in [0.3, 0.4) is 0 Å². The molecule has 1 heterocycles. The largest absolute Gasteiger partial charge is 0.494 e. The highest BCUT2D eigenvalue weighted by molar-refractivity contribution is 5.94. The molecule has 1 aromatic heterocycles. The summed E-state index contributed by atoms with van der Waals surface area (Å²) in [7, 11) is 1.40. The summed E-state index contributed by atoms with van der Waals surface area (Å²) in [4.78, 5) is 12.0. The summed E-state index contributed by atoms with van der Waals surface area (Å²) in [6.45, 7) is 2.00. The highest BCUT2D eigenvalue weighted by Crippen LogP contribution is 2.22. The number of benzene rings is 1. The van der Waals surface area contributed by atoms with Crippen LogP contribution in [0, 0.1) is 5.82 Å². The first kappa shape index (κ1) is 18.0. The van der Waals surface area contributed by atoms with Crippen molar-refractivity contribution in [3.8, 4) is 5.75 Å². The number of furan rings is 1. The van der Waals surface area contributed by atoms with Crippen molar-refractivity contribution in [1.82, 2.24) is 5.32 Å². The Balaban J connectivity index is 0.00000242. The standard InChI is InChI=1S/C15H17FN2O3.ClH/c1-9(10-3-4-14(20-2)13(16)6-10)18-15(19)11-5-12(7-17)21-8-11;/h3-6,8-9H,7,17H2,1-2H3,(H,18,19);1H. The number of amides is 1. The summed E-state index contributed by atoms with van der Waals surface area (Å²) in [6, 6.07) is 5.79. The molecule has 1 unspecified atom stereocenters. The molecule has 0 bridgehead atoms. The Bertz CT molecular complexity index is 645. The van der Waals surface area contributed by atoms with Crippen LogP contribution in [0.5, 0.6) is 5.75 Å². The fourth-order valence-corrected chi connectivity index (χ4v) is 1.92. The third kappa shape index (κ3) is 3.99. The summed E-state index contributed by atoms with van der Waals surface area (Å²) in [6.07, 6.45) is 1.35. The lowest BCUT2D eigenvalue weighted by Crippen LogP contribution is -2.26. The number of ether oxygens (including phenoxy) is 1. The Kier molecular flexibility index (Phi) is 6.39. The number of halogens is 2. The van der Waals surface area contributed by atoms with Crippen molar-refractivity contribution in [2.75, 3.05) is 7.11 Å². The maximum atomic E-state index is 13.7. The van der Waals surface area contributed by atoms with Crippen LogP contribution in [-0.2, 0) is 6.54 Å². The van der Waals surface area contributed by atoms with Crippen LogP contribution in [-0.4, -0.2) is 13.0 Å². The van der Waals surface area contributed by atoms with E-state index in [0.29, 0.717) is 16.9 Å². The summed E-state index contributed by atoms with van der Waals surface area (Å²) in [5.41, 5.74) is 6.45. The first-order valence-corrected chi connectivity index (χ1v) is 6.47. The van der Waals surface area contributed by atoms with E-state index in [2.05, 4.69) is 5.32 Å². The molecule has 5 nitrogen and oxygen atoms in total. The van der Waals surface area contributed by atoms with Crippen molar-refractivity contribution >= 4 is 18.3 Å². The van der Waals surface area contributed by atoms with Crippen molar-refractivity contribution in [1.29, 1.82) is 0 Å². The maximum Gasteiger partial charge on any atom is 0.255 e. The van der Waals surface area contributed by atoms with Gasteiger partial charge in [-0.05, 0) is 30.7 Å². The maximum absolute atomic E-state index is 13.7. The summed E-state index contributed by atoms with van der Waals surface area (Å²) >= 11 is 0. The number of carbonyl (C=O) groups is 1. The highest BCUT2D eigenvalue weighted by atomic mass is 35.5. The number of nitrogens with two attached hydrogens (primary N) is 1. The van der Waals surface area contributed by atoms with Gasteiger partial charge in [0.05, 0.1) is 25.3 Å². The molecular formula is C15H18ClFN2O3. The van der Waals surface area contributed by atoms with Crippen molar-refractivity contribution in [3.05, 3.63) is 53.2 Å². The van der Waals surface area contributed by atoms with E-state index in [1.54, 1.807) is 19.1 Å². The van der Waals surface area contributed by atoms with Gasteiger partial charge in [0.2, 0.25) is 0 Å². The smallest absolute Gasteiger partial charge is 0.255 e. The summed E-state index contributed by atoms with van der Waals surface area (Å²) in [5.74, 6) is -0.0741. The van der Waals surface area contributed by atoms with Crippen LogP contribution >= 0.6 is 12.4 Å². The minimum absolute atomic E-state index is 0. The molecule has 22 heavy (non-hydrogen) atoms. The lowest BCUT2D eigenvalue weighted by Gasteiger charge is -2.14. The predicted molar refractivity (Wildman–Crippen MR) is 82.7 cm³/mol. The third-order valence-electron chi connectivity index (χ3n) is 3.14. The SMILES string of the molecule is COc1ccc(C(C)NC(=O)c2coc(CN)c2)cc1F.Cl. The van der Waals surface area contributed by atoms with Gasteiger partial charge in [0, 0.05) is 0 Å². The quantitative estimate of drug-likeness (QED) is 0.884. The molecule has 2 rings (SSSR count). The van der Waals surface area contributed by atoms with E-state index in [4.69, 9.17) is 14.9 Å². The van der Waals surface area contributed by atoms with Gasteiger partial charge in [-0.2, -0.15) is 0 Å². The molecular weight excluding hydrogens is 311 g/mol. The second-order valence-electron chi connectivity index (χ2n) is 4.59. The molecule has 2 aromatic rings. The molecule has 1 atom stereocenters. The molecule has 0 radical (unpaired) electrons.